The Kier molecular flexibility index (Phi) is 5.82. The summed E-state index contributed by atoms with van der Waals surface area (Å²) in [6.07, 6.45) is 1.40. The quantitative estimate of drug-likeness (QED) is 0.263. The molecule has 0 unspecified atom stereocenters. The third kappa shape index (κ3) is 4.49. The number of hydrogen-bond acceptors (Lipinski definition) is 5. The fourth-order valence-electron chi connectivity index (χ4n) is 3.07. The number of rotatable bonds is 5. The monoisotopic (exact) mass is 432 g/mol. The van der Waals surface area contributed by atoms with Gasteiger partial charge in [0.1, 0.15) is 11.5 Å². The predicted molar refractivity (Wildman–Crippen MR) is 120 cm³/mol. The van der Waals surface area contributed by atoms with Crippen molar-refractivity contribution >= 4 is 40.5 Å². The molecule has 0 aliphatic carbocycles. The molecule has 0 radical (unpaired) electrons. The number of ether oxygens (including phenoxy) is 1. The molecule has 4 rings (SSSR count). The minimum Gasteiger partial charge on any atom is -0.465 e. The molecule has 31 heavy (non-hydrogen) atoms. The minimum absolute atomic E-state index is 0.246. The van der Waals surface area contributed by atoms with Crippen molar-refractivity contribution in [2.75, 3.05) is 7.11 Å². The van der Waals surface area contributed by atoms with E-state index in [9.17, 15) is 9.59 Å². The van der Waals surface area contributed by atoms with Crippen molar-refractivity contribution in [1.82, 2.24) is 5.43 Å². The van der Waals surface area contributed by atoms with Gasteiger partial charge in [-0.1, -0.05) is 41.9 Å². The Labute approximate surface area is 183 Å². The van der Waals surface area contributed by atoms with Crippen LogP contribution in [0, 0.1) is 0 Å². The molecule has 4 aromatic rings. The molecular formula is C24H17ClN2O4. The fraction of sp³-hybridized carbons (Fsp3) is 0.0417. The third-order valence-electron chi connectivity index (χ3n) is 4.65. The second-order valence-electron chi connectivity index (χ2n) is 6.65. The van der Waals surface area contributed by atoms with Crippen LogP contribution in [0.5, 0.6) is 0 Å². The maximum atomic E-state index is 12.4. The van der Waals surface area contributed by atoms with Crippen molar-refractivity contribution in [2.24, 2.45) is 5.10 Å². The van der Waals surface area contributed by atoms with Gasteiger partial charge in [-0.15, -0.1) is 0 Å². The van der Waals surface area contributed by atoms with Crippen LogP contribution in [0.25, 0.3) is 22.1 Å². The zero-order valence-electron chi connectivity index (χ0n) is 16.5. The van der Waals surface area contributed by atoms with Crippen molar-refractivity contribution < 1.29 is 18.7 Å². The van der Waals surface area contributed by atoms with Gasteiger partial charge in [0.25, 0.3) is 5.91 Å². The first-order valence-electron chi connectivity index (χ1n) is 9.35. The second-order valence-corrected chi connectivity index (χ2v) is 7.06. The smallest absolute Gasteiger partial charge is 0.339 e. The Morgan fingerprint density at radius 2 is 1.81 bits per heavy atom. The highest BCUT2D eigenvalue weighted by atomic mass is 35.5. The average molecular weight is 433 g/mol. The van der Waals surface area contributed by atoms with Crippen LogP contribution in [-0.4, -0.2) is 25.2 Å². The van der Waals surface area contributed by atoms with E-state index in [0.29, 0.717) is 27.7 Å². The molecule has 1 amide bonds. The zero-order valence-corrected chi connectivity index (χ0v) is 17.2. The number of hydrazone groups is 1. The molecule has 0 saturated heterocycles. The van der Waals surface area contributed by atoms with E-state index in [1.807, 2.05) is 36.4 Å². The normalized spacial score (nSPS) is 11.0. The number of esters is 1. The highest BCUT2D eigenvalue weighted by molar-refractivity contribution is 6.33. The number of halogens is 1. The zero-order chi connectivity index (χ0) is 21.8. The Hall–Kier alpha value is -3.90. The van der Waals surface area contributed by atoms with Crippen molar-refractivity contribution in [3.8, 4) is 11.3 Å². The summed E-state index contributed by atoms with van der Waals surface area (Å²) in [7, 11) is 1.29. The summed E-state index contributed by atoms with van der Waals surface area (Å²) in [6, 6.07) is 21.6. The van der Waals surface area contributed by atoms with E-state index in [4.69, 9.17) is 20.8 Å². The van der Waals surface area contributed by atoms with E-state index in [1.54, 1.807) is 36.4 Å². The van der Waals surface area contributed by atoms with E-state index in [0.717, 1.165) is 10.8 Å². The van der Waals surface area contributed by atoms with Crippen molar-refractivity contribution in [3.05, 3.63) is 94.7 Å². The van der Waals surface area contributed by atoms with Gasteiger partial charge >= 0.3 is 5.97 Å². The number of carbonyl (C=O) groups is 2. The van der Waals surface area contributed by atoms with Gasteiger partial charge in [0.05, 0.1) is 23.9 Å². The van der Waals surface area contributed by atoms with E-state index in [-0.39, 0.29) is 11.5 Å². The van der Waals surface area contributed by atoms with Gasteiger partial charge in [-0.2, -0.15) is 5.10 Å². The SMILES string of the molecule is COC(=O)c1cc(-c2ccc(/C=N\NC(=O)c3ccc4ccccc4c3)o2)ccc1Cl. The Bertz CT molecular complexity index is 1310. The lowest BCUT2D eigenvalue weighted by molar-refractivity contribution is 0.0601. The minimum atomic E-state index is -0.531. The maximum absolute atomic E-state index is 12.4. The molecule has 0 saturated carbocycles. The van der Waals surface area contributed by atoms with E-state index in [1.165, 1.54) is 13.3 Å². The number of fused-ring (bicyclic) bond motifs is 1. The van der Waals surface area contributed by atoms with E-state index < -0.39 is 5.97 Å². The number of benzene rings is 3. The molecule has 154 valence electrons. The topological polar surface area (TPSA) is 80.9 Å². The Morgan fingerprint density at radius 1 is 1.00 bits per heavy atom. The van der Waals surface area contributed by atoms with Crippen LogP contribution < -0.4 is 5.43 Å². The molecule has 0 aliphatic heterocycles. The van der Waals surface area contributed by atoms with Gasteiger partial charge in [0, 0.05) is 11.1 Å². The number of methoxy groups -OCH3 is 1. The second kappa shape index (κ2) is 8.85. The molecule has 0 fully saturated rings. The molecule has 1 N–H and O–H groups in total. The Morgan fingerprint density at radius 3 is 2.61 bits per heavy atom. The largest absolute Gasteiger partial charge is 0.465 e. The summed E-state index contributed by atoms with van der Waals surface area (Å²) < 4.78 is 10.5. The van der Waals surface area contributed by atoms with Crippen LogP contribution in [0.3, 0.4) is 0 Å². The highest BCUT2D eigenvalue weighted by Gasteiger charge is 2.13. The standard InChI is InChI=1S/C24H17ClN2O4/c1-30-24(29)20-13-17(8-10-21(20)25)22-11-9-19(31-22)14-26-27-23(28)18-7-6-15-4-2-3-5-16(15)12-18/h2-14H,1H3,(H,27,28)/b26-14-. The van der Waals surface area contributed by atoms with Gasteiger partial charge in [-0.25, -0.2) is 10.2 Å². The van der Waals surface area contributed by atoms with Gasteiger partial charge in [-0.05, 0) is 53.2 Å². The van der Waals surface area contributed by atoms with Crippen LogP contribution in [-0.2, 0) is 4.74 Å². The van der Waals surface area contributed by atoms with Crippen LogP contribution in [0.4, 0.5) is 0 Å². The summed E-state index contributed by atoms with van der Waals surface area (Å²) >= 11 is 6.05. The summed E-state index contributed by atoms with van der Waals surface area (Å²) in [6.45, 7) is 0. The lowest BCUT2D eigenvalue weighted by atomic mass is 10.1. The van der Waals surface area contributed by atoms with Gasteiger partial charge in [0.2, 0.25) is 0 Å². The van der Waals surface area contributed by atoms with E-state index in [2.05, 4.69) is 10.5 Å². The van der Waals surface area contributed by atoms with Gasteiger partial charge in [0.15, 0.2) is 0 Å². The highest BCUT2D eigenvalue weighted by Crippen LogP contribution is 2.27. The average Bonchev–Trinajstić information content (AvgIpc) is 3.27. The third-order valence-corrected chi connectivity index (χ3v) is 4.98. The molecular weight excluding hydrogens is 416 g/mol. The predicted octanol–water partition coefficient (Wildman–Crippen LogP) is 5.30. The fourth-order valence-corrected chi connectivity index (χ4v) is 3.27. The van der Waals surface area contributed by atoms with Crippen molar-refractivity contribution in [1.29, 1.82) is 0 Å². The van der Waals surface area contributed by atoms with E-state index >= 15 is 0 Å². The number of nitrogens with one attached hydrogen (secondary N) is 1. The van der Waals surface area contributed by atoms with Crippen LogP contribution >= 0.6 is 11.6 Å². The molecule has 0 atom stereocenters. The first-order valence-corrected chi connectivity index (χ1v) is 9.73. The molecule has 1 heterocycles. The maximum Gasteiger partial charge on any atom is 0.339 e. The number of carbonyl (C=O) groups excluding carboxylic acids is 2. The van der Waals surface area contributed by atoms with Crippen LogP contribution in [0.2, 0.25) is 5.02 Å². The number of hydrogen-bond donors (Lipinski definition) is 1. The van der Waals surface area contributed by atoms with Crippen LogP contribution in [0.1, 0.15) is 26.5 Å². The molecule has 3 aromatic carbocycles. The van der Waals surface area contributed by atoms with Gasteiger partial charge < -0.3 is 9.15 Å². The Balaban J connectivity index is 1.46. The molecule has 1 aromatic heterocycles. The summed E-state index contributed by atoms with van der Waals surface area (Å²) in [5.41, 5.74) is 3.90. The van der Waals surface area contributed by atoms with Gasteiger partial charge in [-0.3, -0.25) is 4.79 Å². The summed E-state index contributed by atoms with van der Waals surface area (Å²) in [5.74, 6) is 0.0957. The molecule has 7 heteroatoms. The molecule has 0 aliphatic rings. The summed E-state index contributed by atoms with van der Waals surface area (Å²) in [5, 5.41) is 6.29. The number of nitrogens with zero attached hydrogens (tertiary/aromatic N) is 1. The first-order chi connectivity index (χ1) is 15.0. The molecule has 0 bridgehead atoms. The lowest BCUT2D eigenvalue weighted by Gasteiger charge is -2.04. The van der Waals surface area contributed by atoms with Crippen LogP contribution in [0.15, 0.2) is 82.3 Å². The summed E-state index contributed by atoms with van der Waals surface area (Å²) in [4.78, 5) is 24.2. The molecule has 6 nitrogen and oxygen atoms in total. The number of amides is 1. The first kappa shape index (κ1) is 20.4. The van der Waals surface area contributed by atoms with Crippen molar-refractivity contribution in [2.45, 2.75) is 0 Å². The number of furan rings is 1. The lowest BCUT2D eigenvalue weighted by Crippen LogP contribution is -2.17. The van der Waals surface area contributed by atoms with Crippen molar-refractivity contribution in [3.63, 3.8) is 0 Å². The molecule has 0 spiro atoms.